The molecule has 1 aliphatic heterocycles. The fraction of sp³-hybridized carbons (Fsp3) is 0.781. The van der Waals surface area contributed by atoms with Crippen molar-refractivity contribution in [1.29, 1.82) is 0 Å². The quantitative estimate of drug-likeness (QED) is 0.0401. The van der Waals surface area contributed by atoms with Crippen molar-refractivity contribution in [3.63, 3.8) is 0 Å². The summed E-state index contributed by atoms with van der Waals surface area (Å²) in [6, 6.07) is -6.70. The molecule has 0 bridgehead atoms. The van der Waals surface area contributed by atoms with Gasteiger partial charge in [-0.15, -0.1) is 0 Å². The number of aliphatic carboxylic acids is 1. The van der Waals surface area contributed by atoms with Crippen LogP contribution in [-0.2, 0) is 28.8 Å². The van der Waals surface area contributed by atoms with E-state index in [9.17, 15) is 39.0 Å². The summed E-state index contributed by atoms with van der Waals surface area (Å²) >= 11 is 0. The van der Waals surface area contributed by atoms with Crippen molar-refractivity contribution in [2.75, 3.05) is 13.1 Å². The van der Waals surface area contributed by atoms with Crippen molar-refractivity contribution in [2.45, 2.75) is 129 Å². The van der Waals surface area contributed by atoms with Crippen LogP contribution in [0.15, 0.2) is 4.99 Å². The highest BCUT2D eigenvalue weighted by molar-refractivity contribution is 5.96. The van der Waals surface area contributed by atoms with Crippen LogP contribution in [0, 0.1) is 17.8 Å². The lowest BCUT2D eigenvalue weighted by atomic mass is 10.00. The number of carbonyl (C=O) groups excluding carboxylic acids is 5. The molecule has 5 amide bonds. The van der Waals surface area contributed by atoms with Crippen LogP contribution >= 0.6 is 0 Å². The average molecular weight is 698 g/mol. The number of nitrogens with zero attached hydrogens (tertiary/aromatic N) is 2. The first-order chi connectivity index (χ1) is 22.8. The number of carbonyl (C=O) groups is 6. The number of carboxylic acids is 1. The molecule has 0 unspecified atom stereocenters. The summed E-state index contributed by atoms with van der Waals surface area (Å²) in [4.78, 5) is 83.6. The van der Waals surface area contributed by atoms with Crippen LogP contribution in [0.5, 0.6) is 0 Å². The molecule has 17 nitrogen and oxygen atoms in total. The molecule has 1 aliphatic rings. The van der Waals surface area contributed by atoms with Gasteiger partial charge in [-0.2, -0.15) is 0 Å². The van der Waals surface area contributed by atoms with E-state index in [2.05, 4.69) is 26.3 Å². The Hall–Kier alpha value is -3.99. The molecule has 0 spiro atoms. The molecule has 0 aromatic carbocycles. The summed E-state index contributed by atoms with van der Waals surface area (Å²) in [6.45, 7) is 12.7. The van der Waals surface area contributed by atoms with E-state index in [0.29, 0.717) is 25.8 Å². The number of guanidine groups is 1. The molecule has 49 heavy (non-hydrogen) atoms. The van der Waals surface area contributed by atoms with Gasteiger partial charge in [-0.25, -0.2) is 4.79 Å². The minimum atomic E-state index is -1.53. The second-order valence-corrected chi connectivity index (χ2v) is 13.9. The van der Waals surface area contributed by atoms with Gasteiger partial charge in [-0.05, 0) is 63.2 Å². The second kappa shape index (κ2) is 20.5. The van der Waals surface area contributed by atoms with Crippen molar-refractivity contribution in [1.82, 2.24) is 26.2 Å². The topological polar surface area (TPSA) is 285 Å². The van der Waals surface area contributed by atoms with Crippen LogP contribution in [0.1, 0.15) is 87.0 Å². The number of nitrogens with two attached hydrogens (primary N) is 3. The first-order valence-electron chi connectivity index (χ1n) is 17.0. The van der Waals surface area contributed by atoms with Gasteiger partial charge in [0.2, 0.25) is 29.5 Å². The second-order valence-electron chi connectivity index (χ2n) is 13.9. The Kier molecular flexibility index (Phi) is 18.0. The third-order valence-corrected chi connectivity index (χ3v) is 8.09. The van der Waals surface area contributed by atoms with Crippen molar-refractivity contribution in [3.8, 4) is 0 Å². The Morgan fingerprint density at radius 3 is 1.90 bits per heavy atom. The van der Waals surface area contributed by atoms with Gasteiger partial charge in [-0.3, -0.25) is 29.0 Å². The van der Waals surface area contributed by atoms with Gasteiger partial charge in [0, 0.05) is 13.1 Å². The molecular weight excluding hydrogens is 638 g/mol. The number of amides is 5. The minimum absolute atomic E-state index is 0.0202. The maximum absolute atomic E-state index is 13.5. The third kappa shape index (κ3) is 14.6. The van der Waals surface area contributed by atoms with E-state index in [1.807, 2.05) is 13.8 Å². The van der Waals surface area contributed by atoms with Crippen LogP contribution in [0.3, 0.4) is 0 Å². The zero-order valence-corrected chi connectivity index (χ0v) is 29.9. The number of nitrogens with one attached hydrogen (secondary N) is 4. The molecule has 7 atom stereocenters. The van der Waals surface area contributed by atoms with Crippen LogP contribution in [0.2, 0.25) is 0 Å². The molecule has 0 aromatic heterocycles. The Morgan fingerprint density at radius 1 is 0.816 bits per heavy atom. The van der Waals surface area contributed by atoms with E-state index in [-0.39, 0.29) is 49.5 Å². The molecular formula is C32H59N9O8. The molecule has 12 N–H and O–H groups in total. The highest BCUT2D eigenvalue weighted by Gasteiger charge is 2.39. The lowest BCUT2D eigenvalue weighted by Gasteiger charge is -2.31. The van der Waals surface area contributed by atoms with Gasteiger partial charge >= 0.3 is 5.97 Å². The predicted molar refractivity (Wildman–Crippen MR) is 183 cm³/mol. The molecule has 0 saturated carbocycles. The number of aliphatic imine (C=N–C) groups is 1. The van der Waals surface area contributed by atoms with E-state index >= 15 is 0 Å². The summed E-state index contributed by atoms with van der Waals surface area (Å²) in [5.41, 5.74) is 16.7. The minimum Gasteiger partial charge on any atom is -0.480 e. The monoisotopic (exact) mass is 697 g/mol. The van der Waals surface area contributed by atoms with Gasteiger partial charge in [0.1, 0.15) is 30.2 Å². The maximum Gasteiger partial charge on any atom is 0.326 e. The maximum atomic E-state index is 13.5. The largest absolute Gasteiger partial charge is 0.480 e. The number of hydrogen-bond donors (Lipinski definition) is 9. The number of hydrogen-bond acceptors (Lipinski definition) is 9. The van der Waals surface area contributed by atoms with Crippen LogP contribution in [-0.4, -0.2) is 112 Å². The van der Waals surface area contributed by atoms with Crippen LogP contribution in [0.4, 0.5) is 0 Å². The fourth-order valence-corrected chi connectivity index (χ4v) is 5.56. The van der Waals surface area contributed by atoms with Gasteiger partial charge in [0.05, 0.1) is 12.1 Å². The first-order valence-corrected chi connectivity index (χ1v) is 17.0. The normalized spacial score (nSPS) is 18.2. The SMILES string of the molecule is CC(C)C[C@H](NC(=O)[C@@H](NC(=O)[C@@H](NC(=O)[C@@H]1CCCN1C(=O)[C@@H](N)CC(C)C)C(C)C)[C@@H](C)O)C(=O)N[C@@H](CCCN=C(N)N)C(=O)O. The first kappa shape index (κ1) is 43.0. The summed E-state index contributed by atoms with van der Waals surface area (Å²) in [6.07, 6.45) is 0.452. The molecule has 280 valence electrons. The van der Waals surface area contributed by atoms with E-state index in [4.69, 9.17) is 17.2 Å². The third-order valence-electron chi connectivity index (χ3n) is 8.09. The molecule has 0 aromatic rings. The summed E-state index contributed by atoms with van der Waals surface area (Å²) in [5, 5.41) is 30.3. The molecule has 17 heteroatoms. The Morgan fingerprint density at radius 2 is 1.39 bits per heavy atom. The van der Waals surface area contributed by atoms with Gasteiger partial charge in [0.15, 0.2) is 5.96 Å². The Labute approximate surface area is 288 Å². The van der Waals surface area contributed by atoms with Crippen LogP contribution < -0.4 is 38.5 Å². The number of rotatable bonds is 20. The lowest BCUT2D eigenvalue weighted by Crippen LogP contribution is -2.62. The number of likely N-dealkylation sites (tertiary alicyclic amines) is 1. The number of aliphatic hydroxyl groups is 1. The van der Waals surface area contributed by atoms with Crippen molar-refractivity contribution in [3.05, 3.63) is 0 Å². The smallest absolute Gasteiger partial charge is 0.326 e. The standard InChI is InChI=1S/C32H59N9O8/c1-16(2)14-20(33)30(47)41-13-9-11-23(41)27(44)39-24(18(5)6)28(45)40-25(19(7)42)29(46)38-22(15-17(3)4)26(43)37-21(31(48)49)10-8-12-36-32(34)35/h16-25,42H,8-15,33H2,1-7H3,(H,37,43)(H,38,46)(H,39,44)(H,40,45)(H,48,49)(H4,34,35,36)/t19-,20+,21+,22+,23+,24+,25+/m1/s1. The summed E-state index contributed by atoms with van der Waals surface area (Å²) in [5.74, 6) is -5.07. The van der Waals surface area contributed by atoms with E-state index in [0.717, 1.165) is 0 Å². The molecule has 0 radical (unpaired) electrons. The van der Waals surface area contributed by atoms with Gasteiger partial charge in [-0.1, -0.05) is 41.5 Å². The van der Waals surface area contributed by atoms with E-state index in [1.54, 1.807) is 27.7 Å². The number of aliphatic hydroxyl groups excluding tert-OH is 1. The summed E-state index contributed by atoms with van der Waals surface area (Å²) < 4.78 is 0. The average Bonchev–Trinajstić information content (AvgIpc) is 3.48. The van der Waals surface area contributed by atoms with Crippen molar-refractivity contribution < 1.29 is 39.0 Å². The molecule has 1 fully saturated rings. The fourth-order valence-electron chi connectivity index (χ4n) is 5.56. The van der Waals surface area contributed by atoms with Gasteiger partial charge < -0.3 is 53.6 Å². The molecule has 1 heterocycles. The summed E-state index contributed by atoms with van der Waals surface area (Å²) in [7, 11) is 0. The van der Waals surface area contributed by atoms with Crippen molar-refractivity contribution >= 4 is 41.5 Å². The Balaban J connectivity index is 3.06. The predicted octanol–water partition coefficient (Wildman–Crippen LogP) is -1.49. The molecule has 1 saturated heterocycles. The van der Waals surface area contributed by atoms with Gasteiger partial charge in [0.25, 0.3) is 0 Å². The number of carboxylic acid groups (broad SMARTS) is 1. The van der Waals surface area contributed by atoms with Crippen LogP contribution in [0.25, 0.3) is 0 Å². The molecule has 1 rings (SSSR count). The zero-order valence-electron chi connectivity index (χ0n) is 29.9. The van der Waals surface area contributed by atoms with E-state index < -0.39 is 77.9 Å². The lowest BCUT2D eigenvalue weighted by molar-refractivity contribution is -0.143. The van der Waals surface area contributed by atoms with Crippen molar-refractivity contribution in [2.24, 2.45) is 39.9 Å². The zero-order chi connectivity index (χ0) is 37.6. The highest BCUT2D eigenvalue weighted by atomic mass is 16.4. The van der Waals surface area contributed by atoms with E-state index in [1.165, 1.54) is 11.8 Å². The molecule has 0 aliphatic carbocycles. The highest BCUT2D eigenvalue weighted by Crippen LogP contribution is 2.20. The Bertz CT molecular complexity index is 1170.